The van der Waals surface area contributed by atoms with Crippen LogP contribution in [-0.2, 0) is 9.59 Å². The van der Waals surface area contributed by atoms with Crippen molar-refractivity contribution < 1.29 is 24.0 Å². The van der Waals surface area contributed by atoms with Gasteiger partial charge in [-0.3, -0.25) is 14.5 Å². The Morgan fingerprint density at radius 2 is 1.73 bits per heavy atom. The van der Waals surface area contributed by atoms with Gasteiger partial charge in [-0.15, -0.1) is 0 Å². The smallest absolute Gasteiger partial charge is 0.301 e. The van der Waals surface area contributed by atoms with Gasteiger partial charge in [0.05, 0.1) is 18.7 Å². The number of carbonyl (C=O) groups is 2. The van der Waals surface area contributed by atoms with Gasteiger partial charge in [0.15, 0.2) is 5.82 Å². The highest BCUT2D eigenvalue weighted by Crippen LogP contribution is 2.42. The van der Waals surface area contributed by atoms with Crippen molar-refractivity contribution in [3.63, 3.8) is 0 Å². The summed E-state index contributed by atoms with van der Waals surface area (Å²) in [6, 6.07) is 14.8. The normalized spacial score (nSPS) is 18.1. The van der Waals surface area contributed by atoms with Gasteiger partial charge in [0.1, 0.15) is 17.3 Å². The summed E-state index contributed by atoms with van der Waals surface area (Å²) < 4.78 is 10.3. The lowest BCUT2D eigenvalue weighted by atomic mass is 9.94. The third-order valence-electron chi connectivity index (χ3n) is 5.06. The molecule has 1 atom stereocenters. The van der Waals surface area contributed by atoms with E-state index >= 15 is 0 Å². The zero-order valence-electron chi connectivity index (χ0n) is 16.7. The third kappa shape index (κ3) is 3.24. The van der Waals surface area contributed by atoms with Gasteiger partial charge in [0.25, 0.3) is 5.78 Å². The number of aliphatic hydroxyl groups is 1. The molecule has 7 heteroatoms. The summed E-state index contributed by atoms with van der Waals surface area (Å²) in [5.74, 6) is -0.485. The number of amides is 1. The summed E-state index contributed by atoms with van der Waals surface area (Å²) in [4.78, 5) is 27.2. The highest BCUT2D eigenvalue weighted by Gasteiger charge is 2.48. The van der Waals surface area contributed by atoms with Crippen LogP contribution >= 0.6 is 0 Å². The molecule has 1 aliphatic heterocycles. The Bertz CT molecular complexity index is 1140. The molecule has 1 aliphatic rings. The van der Waals surface area contributed by atoms with E-state index in [9.17, 15) is 14.7 Å². The molecular weight excluding hydrogens is 384 g/mol. The zero-order valence-corrected chi connectivity index (χ0v) is 16.7. The van der Waals surface area contributed by atoms with E-state index < -0.39 is 17.7 Å². The molecule has 0 saturated carbocycles. The highest BCUT2D eigenvalue weighted by molar-refractivity contribution is 6.51. The van der Waals surface area contributed by atoms with Crippen LogP contribution < -0.4 is 9.64 Å². The lowest BCUT2D eigenvalue weighted by Crippen LogP contribution is -2.29. The fourth-order valence-electron chi connectivity index (χ4n) is 3.50. The van der Waals surface area contributed by atoms with Crippen molar-refractivity contribution in [2.75, 3.05) is 12.0 Å². The summed E-state index contributed by atoms with van der Waals surface area (Å²) in [5, 5.41) is 14.9. The van der Waals surface area contributed by atoms with Gasteiger partial charge in [-0.05, 0) is 43.7 Å². The fourth-order valence-corrected chi connectivity index (χ4v) is 3.50. The molecule has 1 fully saturated rings. The maximum absolute atomic E-state index is 13.0. The van der Waals surface area contributed by atoms with Crippen molar-refractivity contribution in [2.45, 2.75) is 19.9 Å². The minimum Gasteiger partial charge on any atom is -0.507 e. The Kier molecular flexibility index (Phi) is 4.87. The molecule has 0 radical (unpaired) electrons. The van der Waals surface area contributed by atoms with E-state index in [1.165, 1.54) is 12.0 Å². The number of aliphatic hydroxyl groups excluding tert-OH is 1. The number of aryl methyl sites for hydroxylation is 2. The number of rotatable bonds is 4. The molecule has 1 saturated heterocycles. The second-order valence-corrected chi connectivity index (χ2v) is 7.10. The van der Waals surface area contributed by atoms with Crippen LogP contribution in [0.4, 0.5) is 5.82 Å². The molecule has 1 aromatic heterocycles. The number of ether oxygens (including phenoxy) is 1. The van der Waals surface area contributed by atoms with Gasteiger partial charge in [0, 0.05) is 11.6 Å². The quantitative estimate of drug-likeness (QED) is 0.402. The molecule has 0 unspecified atom stereocenters. The molecule has 2 heterocycles. The summed E-state index contributed by atoms with van der Waals surface area (Å²) in [6.45, 7) is 3.64. The van der Waals surface area contributed by atoms with E-state index in [-0.39, 0.29) is 17.2 Å². The highest BCUT2D eigenvalue weighted by atomic mass is 16.5. The molecule has 2 aromatic carbocycles. The van der Waals surface area contributed by atoms with Crippen molar-refractivity contribution in [2.24, 2.45) is 0 Å². The molecule has 4 rings (SSSR count). The topological polar surface area (TPSA) is 92.9 Å². The van der Waals surface area contributed by atoms with Crippen LogP contribution in [-0.4, -0.2) is 29.1 Å². The average molecular weight is 404 g/mol. The van der Waals surface area contributed by atoms with Crippen molar-refractivity contribution in [1.82, 2.24) is 5.16 Å². The second-order valence-electron chi connectivity index (χ2n) is 7.10. The molecule has 0 spiro atoms. The summed E-state index contributed by atoms with van der Waals surface area (Å²) in [7, 11) is 1.54. The first-order chi connectivity index (χ1) is 14.4. The van der Waals surface area contributed by atoms with E-state index in [0.29, 0.717) is 22.6 Å². The molecule has 1 amide bonds. The number of hydrogen-bond acceptors (Lipinski definition) is 6. The summed E-state index contributed by atoms with van der Waals surface area (Å²) >= 11 is 0. The Hall–Kier alpha value is -3.87. The lowest BCUT2D eigenvalue weighted by molar-refractivity contribution is -0.132. The maximum atomic E-state index is 13.0. The molecule has 30 heavy (non-hydrogen) atoms. The van der Waals surface area contributed by atoms with Gasteiger partial charge >= 0.3 is 5.91 Å². The van der Waals surface area contributed by atoms with Crippen molar-refractivity contribution in [3.05, 3.63) is 82.6 Å². The van der Waals surface area contributed by atoms with Gasteiger partial charge < -0.3 is 14.4 Å². The number of anilines is 1. The van der Waals surface area contributed by atoms with Crippen LogP contribution in [0.25, 0.3) is 5.76 Å². The number of Topliss-reactive ketones (excluding diaryl/α,β-unsaturated/α-hetero) is 1. The Labute approximate surface area is 173 Å². The maximum Gasteiger partial charge on any atom is 0.301 e. The Morgan fingerprint density at radius 1 is 1.07 bits per heavy atom. The van der Waals surface area contributed by atoms with Gasteiger partial charge in [-0.1, -0.05) is 35.0 Å². The Balaban J connectivity index is 1.91. The van der Waals surface area contributed by atoms with Crippen molar-refractivity contribution in [1.29, 1.82) is 0 Å². The standard InChI is InChI=1S/C23H20N2O5/c1-13-4-6-15(7-5-13)20-19(21(26)16-8-10-17(29-3)11-9-16)22(27)23(28)25(20)18-12-14(2)30-24-18/h4-12,20,26H,1-3H3/b21-19+/t20-/m0/s1. The van der Waals surface area contributed by atoms with Crippen LogP contribution in [0.1, 0.15) is 28.5 Å². The van der Waals surface area contributed by atoms with Crippen molar-refractivity contribution >= 4 is 23.3 Å². The number of hydrogen-bond donors (Lipinski definition) is 1. The van der Waals surface area contributed by atoms with Gasteiger partial charge in [0.2, 0.25) is 0 Å². The monoisotopic (exact) mass is 404 g/mol. The van der Waals surface area contributed by atoms with E-state index in [1.54, 1.807) is 37.3 Å². The fraction of sp³-hybridized carbons (Fsp3) is 0.174. The first-order valence-electron chi connectivity index (χ1n) is 9.36. The molecule has 0 aliphatic carbocycles. The third-order valence-corrected chi connectivity index (χ3v) is 5.06. The first kappa shape index (κ1) is 19.4. The van der Waals surface area contributed by atoms with Crippen LogP contribution in [0, 0.1) is 13.8 Å². The molecular formula is C23H20N2O5. The SMILES string of the molecule is COc1ccc(/C(O)=C2\C(=O)C(=O)N(c3cc(C)on3)[C@H]2c2ccc(C)cc2)cc1. The molecule has 152 valence electrons. The number of nitrogens with zero attached hydrogens (tertiary/aromatic N) is 2. The van der Waals surface area contributed by atoms with Crippen LogP contribution in [0.5, 0.6) is 5.75 Å². The van der Waals surface area contributed by atoms with Gasteiger partial charge in [-0.2, -0.15) is 0 Å². The zero-order chi connectivity index (χ0) is 21.4. The number of benzene rings is 2. The largest absolute Gasteiger partial charge is 0.507 e. The number of aromatic nitrogens is 1. The number of carbonyl (C=O) groups excluding carboxylic acids is 2. The van der Waals surface area contributed by atoms with Crippen LogP contribution in [0.15, 0.2) is 64.7 Å². The Morgan fingerprint density at radius 3 is 2.30 bits per heavy atom. The number of ketones is 1. The van der Waals surface area contributed by atoms with E-state index in [0.717, 1.165) is 5.56 Å². The summed E-state index contributed by atoms with van der Waals surface area (Å²) in [6.07, 6.45) is 0. The molecule has 0 bridgehead atoms. The van der Waals surface area contributed by atoms with E-state index in [4.69, 9.17) is 9.26 Å². The van der Waals surface area contributed by atoms with Gasteiger partial charge in [-0.25, -0.2) is 0 Å². The molecule has 1 N–H and O–H groups in total. The second kappa shape index (κ2) is 7.51. The van der Waals surface area contributed by atoms with Crippen LogP contribution in [0.2, 0.25) is 0 Å². The minimum atomic E-state index is -0.836. The lowest BCUT2D eigenvalue weighted by Gasteiger charge is -2.23. The van der Waals surface area contributed by atoms with E-state index in [1.807, 2.05) is 31.2 Å². The predicted molar refractivity (Wildman–Crippen MR) is 110 cm³/mol. The minimum absolute atomic E-state index is 0.00493. The van der Waals surface area contributed by atoms with Crippen molar-refractivity contribution in [3.8, 4) is 5.75 Å². The summed E-state index contributed by atoms with van der Waals surface area (Å²) in [5.41, 5.74) is 2.11. The predicted octanol–water partition coefficient (Wildman–Crippen LogP) is 3.93. The number of methoxy groups -OCH3 is 1. The first-order valence-corrected chi connectivity index (χ1v) is 9.36. The average Bonchev–Trinajstić information content (AvgIpc) is 3.29. The molecule has 7 nitrogen and oxygen atoms in total. The van der Waals surface area contributed by atoms with E-state index in [2.05, 4.69) is 5.16 Å². The van der Waals surface area contributed by atoms with Crippen LogP contribution in [0.3, 0.4) is 0 Å². The molecule has 3 aromatic rings.